The van der Waals surface area contributed by atoms with E-state index in [9.17, 15) is 13.0 Å². The number of rotatable bonds is 31. The van der Waals surface area contributed by atoms with Crippen molar-refractivity contribution in [3.63, 3.8) is 0 Å². The molecule has 0 saturated carbocycles. The van der Waals surface area contributed by atoms with Crippen molar-refractivity contribution >= 4 is 10.4 Å². The van der Waals surface area contributed by atoms with E-state index in [0.29, 0.717) is 0 Å². The quantitative estimate of drug-likeness (QED) is 0.0266. The van der Waals surface area contributed by atoms with Crippen LogP contribution in [-0.4, -0.2) is 19.6 Å². The van der Waals surface area contributed by atoms with Crippen LogP contribution in [0.2, 0.25) is 0 Å². The molecule has 4 nitrogen and oxygen atoms in total. The molecule has 0 rings (SSSR count). The Morgan fingerprint density at radius 3 is 1.26 bits per heavy atom. The Hall–Kier alpha value is 1.25. The summed E-state index contributed by atoms with van der Waals surface area (Å²) in [6.45, 7) is 4.52. The third-order valence-corrected chi connectivity index (χ3v) is 8.16. The first-order valence-electron chi connectivity index (χ1n) is 16.8. The maximum atomic E-state index is 10.9. The van der Waals surface area contributed by atoms with Gasteiger partial charge in [0, 0.05) is 5.92 Å². The van der Waals surface area contributed by atoms with Gasteiger partial charge in [0.1, 0.15) is 0 Å². The number of hydrogen-bond acceptors (Lipinski definition) is 4. The second-order valence-electron chi connectivity index (χ2n) is 11.6. The zero-order valence-electron chi connectivity index (χ0n) is 26.6. The van der Waals surface area contributed by atoms with Gasteiger partial charge in [0.05, 0.1) is 6.61 Å². The standard InChI is InChI=1S/C33H66O4S.K/c1-3-5-7-9-11-13-15-16-17-18-19-21-23-25-27-29-31-33(32-37-38(34,35)36)30-28-26-24-22-20-14-12-10-8-6-4-2;/h28,30,33H,3-27,29,31-32H2,1-2H3,(H,34,35,36);/q;+1/p-1/b30-28+;. The Morgan fingerprint density at radius 1 is 0.564 bits per heavy atom. The summed E-state index contributed by atoms with van der Waals surface area (Å²) in [4.78, 5) is 0. The van der Waals surface area contributed by atoms with Gasteiger partial charge in [0.25, 0.3) is 0 Å². The largest absolute Gasteiger partial charge is 1.00 e. The zero-order chi connectivity index (χ0) is 28.0. The van der Waals surface area contributed by atoms with Gasteiger partial charge < -0.3 is 4.55 Å². The molecule has 0 bridgehead atoms. The summed E-state index contributed by atoms with van der Waals surface area (Å²) in [5, 5.41) is 0. The smallest absolute Gasteiger partial charge is 0.726 e. The SMILES string of the molecule is CCCCCCCCCCC/C=C/C(CCCCCCCCCCCCCCCCCC)COS(=O)(=O)[O-].[K+]. The normalized spacial score (nSPS) is 12.7. The van der Waals surface area contributed by atoms with Gasteiger partial charge in [-0.15, -0.1) is 0 Å². The Morgan fingerprint density at radius 2 is 0.897 bits per heavy atom. The van der Waals surface area contributed by atoms with E-state index in [1.807, 2.05) is 0 Å². The van der Waals surface area contributed by atoms with Crippen LogP contribution in [0.5, 0.6) is 0 Å². The van der Waals surface area contributed by atoms with Crippen LogP contribution in [0.15, 0.2) is 12.2 Å². The van der Waals surface area contributed by atoms with Gasteiger partial charge in [0.15, 0.2) is 0 Å². The summed E-state index contributed by atoms with van der Waals surface area (Å²) in [7, 11) is -4.62. The first kappa shape index (κ1) is 42.4. The molecule has 1 unspecified atom stereocenters. The van der Waals surface area contributed by atoms with Crippen LogP contribution >= 0.6 is 0 Å². The maximum absolute atomic E-state index is 10.9. The molecule has 0 aromatic rings. The van der Waals surface area contributed by atoms with Crippen molar-refractivity contribution in [3.8, 4) is 0 Å². The number of allylic oxidation sites excluding steroid dienone is 1. The minimum Gasteiger partial charge on any atom is -0.726 e. The van der Waals surface area contributed by atoms with E-state index in [-0.39, 0.29) is 63.9 Å². The first-order valence-corrected chi connectivity index (χ1v) is 18.1. The van der Waals surface area contributed by atoms with Crippen LogP contribution in [0.25, 0.3) is 0 Å². The maximum Gasteiger partial charge on any atom is 1.00 e. The van der Waals surface area contributed by atoms with Crippen molar-refractivity contribution in [2.24, 2.45) is 5.92 Å². The van der Waals surface area contributed by atoms with Crippen LogP contribution in [0.3, 0.4) is 0 Å². The van der Waals surface area contributed by atoms with E-state index in [1.54, 1.807) is 0 Å². The molecule has 6 heteroatoms. The topological polar surface area (TPSA) is 66.4 Å². The summed E-state index contributed by atoms with van der Waals surface area (Å²) in [5.41, 5.74) is 0. The molecule has 0 N–H and O–H groups in total. The minimum atomic E-state index is -4.62. The molecular weight excluding hydrogens is 532 g/mol. The second-order valence-corrected chi connectivity index (χ2v) is 12.6. The van der Waals surface area contributed by atoms with Crippen molar-refractivity contribution in [1.82, 2.24) is 0 Å². The summed E-state index contributed by atoms with van der Waals surface area (Å²) in [5.74, 6) is 0.0175. The Labute approximate surface area is 288 Å². The van der Waals surface area contributed by atoms with Crippen molar-refractivity contribution < 1.29 is 68.5 Å². The summed E-state index contributed by atoms with van der Waals surface area (Å²) in [6.07, 6.45) is 39.5. The molecule has 0 spiro atoms. The molecule has 39 heavy (non-hydrogen) atoms. The fraction of sp³-hybridized carbons (Fsp3) is 0.939. The zero-order valence-corrected chi connectivity index (χ0v) is 30.5. The molecule has 0 aliphatic carbocycles. The van der Waals surface area contributed by atoms with Crippen molar-refractivity contribution in [3.05, 3.63) is 12.2 Å². The third-order valence-electron chi connectivity index (χ3n) is 7.74. The van der Waals surface area contributed by atoms with Gasteiger partial charge in [-0.25, -0.2) is 8.42 Å². The first-order chi connectivity index (χ1) is 18.5. The predicted octanol–water partition coefficient (Wildman–Crippen LogP) is 8.21. The Bertz CT molecular complexity index is 595. The van der Waals surface area contributed by atoms with Crippen LogP contribution < -0.4 is 51.4 Å². The molecule has 0 heterocycles. The van der Waals surface area contributed by atoms with Gasteiger partial charge in [-0.3, -0.25) is 4.18 Å². The summed E-state index contributed by atoms with van der Waals surface area (Å²) in [6, 6.07) is 0. The van der Waals surface area contributed by atoms with Crippen LogP contribution in [0.1, 0.15) is 187 Å². The van der Waals surface area contributed by atoms with Crippen molar-refractivity contribution in [2.45, 2.75) is 187 Å². The van der Waals surface area contributed by atoms with E-state index in [0.717, 1.165) is 19.3 Å². The molecule has 1 atom stereocenters. The summed E-state index contributed by atoms with van der Waals surface area (Å²) >= 11 is 0. The molecule has 228 valence electrons. The fourth-order valence-corrected chi connectivity index (χ4v) is 5.56. The number of hydrogen-bond donors (Lipinski definition) is 0. The van der Waals surface area contributed by atoms with Crippen LogP contribution in [0.4, 0.5) is 0 Å². The van der Waals surface area contributed by atoms with Gasteiger partial charge in [-0.05, 0) is 19.3 Å². The summed E-state index contributed by atoms with van der Waals surface area (Å²) < 4.78 is 37.3. The van der Waals surface area contributed by atoms with E-state index < -0.39 is 10.4 Å². The second kappa shape index (κ2) is 33.7. The van der Waals surface area contributed by atoms with Crippen LogP contribution in [-0.2, 0) is 14.6 Å². The van der Waals surface area contributed by atoms with E-state index in [2.05, 4.69) is 30.2 Å². The number of unbranched alkanes of at least 4 members (excludes halogenated alkanes) is 24. The predicted molar refractivity (Wildman–Crippen MR) is 164 cm³/mol. The monoisotopic (exact) mass is 596 g/mol. The van der Waals surface area contributed by atoms with E-state index >= 15 is 0 Å². The molecule has 0 radical (unpaired) electrons. The van der Waals surface area contributed by atoms with Crippen LogP contribution in [0, 0.1) is 5.92 Å². The average molecular weight is 597 g/mol. The van der Waals surface area contributed by atoms with Gasteiger partial charge in [0.2, 0.25) is 10.4 Å². The molecule has 0 aromatic heterocycles. The van der Waals surface area contributed by atoms with Crippen molar-refractivity contribution in [1.29, 1.82) is 0 Å². The van der Waals surface area contributed by atoms with Crippen molar-refractivity contribution in [2.75, 3.05) is 6.61 Å². The molecular formula is C33H65KO4S. The molecule has 0 saturated heterocycles. The Balaban J connectivity index is 0. The Kier molecular flexibility index (Phi) is 36.7. The third kappa shape index (κ3) is 37.2. The van der Waals surface area contributed by atoms with Gasteiger partial charge in [-0.2, -0.15) is 0 Å². The molecule has 0 aliphatic rings. The molecule has 0 aromatic carbocycles. The molecule has 0 amide bonds. The van der Waals surface area contributed by atoms with Gasteiger partial charge >= 0.3 is 51.4 Å². The van der Waals surface area contributed by atoms with E-state index in [4.69, 9.17) is 0 Å². The molecule has 0 aliphatic heterocycles. The van der Waals surface area contributed by atoms with Gasteiger partial charge in [-0.1, -0.05) is 180 Å². The average Bonchev–Trinajstić information content (AvgIpc) is 2.89. The van der Waals surface area contributed by atoms with E-state index in [1.165, 1.54) is 154 Å². The fourth-order valence-electron chi connectivity index (χ4n) is 5.22. The minimum absolute atomic E-state index is 0. The molecule has 0 fully saturated rings.